The largest absolute Gasteiger partial charge is 0.381 e. The number of halogens is 1. The molecule has 90 valence electrons. The molecule has 0 amide bonds. The smallest absolute Gasteiger partial charge is 0.101 e. The van der Waals surface area contributed by atoms with Gasteiger partial charge in [-0.2, -0.15) is 5.26 Å². The van der Waals surface area contributed by atoms with Gasteiger partial charge < -0.3 is 10.1 Å². The normalized spacial score (nSPS) is 18.4. The molecule has 1 fully saturated rings. The Morgan fingerprint density at radius 2 is 2.12 bits per heavy atom. The van der Waals surface area contributed by atoms with Crippen LogP contribution in [-0.2, 0) is 4.74 Å². The summed E-state index contributed by atoms with van der Waals surface area (Å²) in [6.07, 6.45) is 1.89. The topological polar surface area (TPSA) is 45.0 Å². The summed E-state index contributed by atoms with van der Waals surface area (Å²) in [6, 6.07) is 7.51. The van der Waals surface area contributed by atoms with Crippen LogP contribution in [0.3, 0.4) is 0 Å². The van der Waals surface area contributed by atoms with E-state index < -0.39 is 0 Å². The van der Waals surface area contributed by atoms with E-state index in [0.29, 0.717) is 10.6 Å². The van der Waals surface area contributed by atoms with Gasteiger partial charge >= 0.3 is 0 Å². The molecule has 1 aromatic carbocycles. The Hall–Kier alpha value is -1.24. The Morgan fingerprint density at radius 1 is 1.41 bits per heavy atom. The van der Waals surface area contributed by atoms with Gasteiger partial charge in [0.15, 0.2) is 0 Å². The van der Waals surface area contributed by atoms with Crippen molar-refractivity contribution in [3.05, 3.63) is 28.8 Å². The monoisotopic (exact) mass is 250 g/mol. The molecular formula is C13H15ClN2O. The van der Waals surface area contributed by atoms with E-state index in [-0.39, 0.29) is 5.54 Å². The van der Waals surface area contributed by atoms with Gasteiger partial charge in [-0.05, 0) is 38.0 Å². The average Bonchev–Trinajstić information content (AvgIpc) is 2.32. The highest BCUT2D eigenvalue weighted by Crippen LogP contribution is 2.28. The maximum absolute atomic E-state index is 9.08. The van der Waals surface area contributed by atoms with Gasteiger partial charge in [-0.15, -0.1) is 0 Å². The van der Waals surface area contributed by atoms with Gasteiger partial charge in [0.25, 0.3) is 0 Å². The minimum Gasteiger partial charge on any atom is -0.381 e. The first-order chi connectivity index (χ1) is 8.13. The third kappa shape index (κ3) is 2.91. The second-order valence-electron chi connectivity index (χ2n) is 4.60. The number of benzene rings is 1. The van der Waals surface area contributed by atoms with Crippen LogP contribution in [0.15, 0.2) is 18.2 Å². The van der Waals surface area contributed by atoms with Crippen molar-refractivity contribution in [2.75, 3.05) is 18.5 Å². The summed E-state index contributed by atoms with van der Waals surface area (Å²) in [4.78, 5) is 0. The van der Waals surface area contributed by atoms with Gasteiger partial charge in [0.2, 0.25) is 0 Å². The van der Waals surface area contributed by atoms with E-state index in [9.17, 15) is 0 Å². The van der Waals surface area contributed by atoms with Crippen LogP contribution < -0.4 is 5.32 Å². The van der Waals surface area contributed by atoms with E-state index in [0.717, 1.165) is 31.7 Å². The molecule has 1 aromatic rings. The Morgan fingerprint density at radius 3 is 2.76 bits per heavy atom. The number of rotatable bonds is 2. The summed E-state index contributed by atoms with van der Waals surface area (Å²) < 4.78 is 5.35. The molecule has 0 bridgehead atoms. The van der Waals surface area contributed by atoms with Crippen LogP contribution in [0, 0.1) is 11.3 Å². The Labute approximate surface area is 106 Å². The van der Waals surface area contributed by atoms with Gasteiger partial charge in [-0.25, -0.2) is 0 Å². The minimum absolute atomic E-state index is 0.00230. The van der Waals surface area contributed by atoms with Crippen molar-refractivity contribution in [2.24, 2.45) is 0 Å². The van der Waals surface area contributed by atoms with E-state index in [1.807, 2.05) is 6.07 Å². The predicted octanol–water partition coefficient (Wildman–Crippen LogP) is 3.19. The molecular weight excluding hydrogens is 236 g/mol. The summed E-state index contributed by atoms with van der Waals surface area (Å²) in [5.74, 6) is 0. The van der Waals surface area contributed by atoms with Crippen LogP contribution >= 0.6 is 11.6 Å². The minimum atomic E-state index is -0.00230. The van der Waals surface area contributed by atoms with Crippen LogP contribution in [0.25, 0.3) is 0 Å². The summed E-state index contributed by atoms with van der Waals surface area (Å²) in [6.45, 7) is 3.68. The van der Waals surface area contributed by atoms with E-state index in [1.165, 1.54) is 0 Å². The third-order valence-corrected chi connectivity index (χ3v) is 3.37. The van der Waals surface area contributed by atoms with Crippen molar-refractivity contribution in [1.82, 2.24) is 0 Å². The standard InChI is InChI=1S/C13H15ClN2O/c1-13(4-6-17-7-5-13)16-12-3-2-11(14)8-10(12)9-15/h2-3,8,16H,4-7H2,1H3. The Kier molecular flexibility index (Phi) is 3.56. The number of nitriles is 1. The van der Waals surface area contributed by atoms with E-state index in [2.05, 4.69) is 18.3 Å². The van der Waals surface area contributed by atoms with Crippen molar-refractivity contribution in [1.29, 1.82) is 5.26 Å². The van der Waals surface area contributed by atoms with Gasteiger partial charge in [-0.3, -0.25) is 0 Å². The van der Waals surface area contributed by atoms with Crippen LogP contribution in [0.5, 0.6) is 0 Å². The van der Waals surface area contributed by atoms with Crippen molar-refractivity contribution in [3.8, 4) is 6.07 Å². The Balaban J connectivity index is 2.20. The number of hydrogen-bond donors (Lipinski definition) is 1. The number of ether oxygens (including phenoxy) is 1. The summed E-state index contributed by atoms with van der Waals surface area (Å²) in [7, 11) is 0. The van der Waals surface area contributed by atoms with E-state index >= 15 is 0 Å². The van der Waals surface area contributed by atoms with Gasteiger partial charge in [-0.1, -0.05) is 11.6 Å². The lowest BCUT2D eigenvalue weighted by molar-refractivity contribution is 0.0658. The predicted molar refractivity (Wildman–Crippen MR) is 68.2 cm³/mol. The summed E-state index contributed by atoms with van der Waals surface area (Å²) in [5.41, 5.74) is 1.43. The molecule has 0 spiro atoms. The molecule has 17 heavy (non-hydrogen) atoms. The first-order valence-corrected chi connectivity index (χ1v) is 6.06. The molecule has 3 nitrogen and oxygen atoms in total. The number of nitrogens with zero attached hydrogens (tertiary/aromatic N) is 1. The maximum Gasteiger partial charge on any atom is 0.101 e. The van der Waals surface area contributed by atoms with Crippen LogP contribution in [-0.4, -0.2) is 18.8 Å². The van der Waals surface area contributed by atoms with Crippen LogP contribution in [0.4, 0.5) is 5.69 Å². The lowest BCUT2D eigenvalue weighted by Gasteiger charge is -2.35. The molecule has 2 rings (SSSR count). The molecule has 1 heterocycles. The highest BCUT2D eigenvalue weighted by atomic mass is 35.5. The summed E-state index contributed by atoms with van der Waals surface area (Å²) >= 11 is 5.87. The summed E-state index contributed by atoms with van der Waals surface area (Å²) in [5, 5.41) is 13.1. The van der Waals surface area contributed by atoms with E-state index in [4.69, 9.17) is 21.6 Å². The SMILES string of the molecule is CC1(Nc2ccc(Cl)cc2C#N)CCOCC1. The molecule has 0 aromatic heterocycles. The lowest BCUT2D eigenvalue weighted by Crippen LogP contribution is -2.40. The molecule has 0 saturated carbocycles. The first-order valence-electron chi connectivity index (χ1n) is 5.69. The molecule has 4 heteroatoms. The van der Waals surface area contributed by atoms with Crippen molar-refractivity contribution in [3.63, 3.8) is 0 Å². The van der Waals surface area contributed by atoms with Crippen LogP contribution in [0.1, 0.15) is 25.3 Å². The quantitative estimate of drug-likeness (QED) is 0.877. The third-order valence-electron chi connectivity index (χ3n) is 3.13. The number of anilines is 1. The zero-order chi connectivity index (χ0) is 12.3. The molecule has 0 radical (unpaired) electrons. The molecule has 0 unspecified atom stereocenters. The first kappa shape index (κ1) is 12.2. The zero-order valence-electron chi connectivity index (χ0n) is 9.79. The van der Waals surface area contributed by atoms with Gasteiger partial charge in [0.1, 0.15) is 6.07 Å². The highest BCUT2D eigenvalue weighted by Gasteiger charge is 2.27. The fourth-order valence-corrected chi connectivity index (χ4v) is 2.16. The van der Waals surface area contributed by atoms with Crippen molar-refractivity contribution >= 4 is 17.3 Å². The average molecular weight is 251 g/mol. The molecule has 1 N–H and O–H groups in total. The maximum atomic E-state index is 9.08. The number of hydrogen-bond acceptors (Lipinski definition) is 3. The van der Waals surface area contributed by atoms with Gasteiger partial charge in [0.05, 0.1) is 11.3 Å². The lowest BCUT2D eigenvalue weighted by atomic mass is 9.92. The van der Waals surface area contributed by atoms with Gasteiger partial charge in [0, 0.05) is 23.8 Å². The molecule has 0 atom stereocenters. The fourth-order valence-electron chi connectivity index (χ4n) is 1.99. The number of nitrogens with one attached hydrogen (secondary N) is 1. The molecule has 0 aliphatic carbocycles. The fraction of sp³-hybridized carbons (Fsp3) is 0.462. The Bertz CT molecular complexity index is 447. The molecule has 1 aliphatic heterocycles. The second-order valence-corrected chi connectivity index (χ2v) is 5.04. The van der Waals surface area contributed by atoms with E-state index in [1.54, 1.807) is 12.1 Å². The highest BCUT2D eigenvalue weighted by molar-refractivity contribution is 6.30. The second kappa shape index (κ2) is 4.95. The molecule has 1 aliphatic rings. The van der Waals surface area contributed by atoms with Crippen molar-refractivity contribution in [2.45, 2.75) is 25.3 Å². The zero-order valence-corrected chi connectivity index (χ0v) is 10.5. The van der Waals surface area contributed by atoms with Crippen molar-refractivity contribution < 1.29 is 4.74 Å². The molecule has 1 saturated heterocycles. The van der Waals surface area contributed by atoms with Crippen LogP contribution in [0.2, 0.25) is 5.02 Å².